The number of ether oxygens (including phenoxy) is 4. The summed E-state index contributed by atoms with van der Waals surface area (Å²) < 4.78 is 34.7. The second-order valence-corrected chi connectivity index (χ2v) is 17.1. The number of fused-ring (bicyclic) bond motifs is 1. The average molecular weight is 581 g/mol. The molecule has 1 aromatic heterocycles. The fourth-order valence-corrected chi connectivity index (χ4v) is 6.27. The lowest BCUT2D eigenvalue weighted by Crippen LogP contribution is -2.57. The van der Waals surface area contributed by atoms with Crippen LogP contribution in [0.5, 0.6) is 0 Å². The lowest BCUT2D eigenvalue weighted by Gasteiger charge is -2.43. The molecule has 9 nitrogen and oxygen atoms in total. The number of benzene rings is 2. The maximum atomic E-state index is 13.2. The summed E-state index contributed by atoms with van der Waals surface area (Å²) in [5.41, 5.74) is 1.33. The third-order valence-electron chi connectivity index (χ3n) is 8.41. The van der Waals surface area contributed by atoms with Gasteiger partial charge in [-0.25, -0.2) is 4.79 Å². The van der Waals surface area contributed by atoms with Gasteiger partial charge in [-0.05, 0) is 36.2 Å². The van der Waals surface area contributed by atoms with Gasteiger partial charge in [-0.15, -0.1) is 0 Å². The minimum Gasteiger partial charge on any atom is -0.404 e. The van der Waals surface area contributed by atoms with E-state index in [2.05, 4.69) is 38.8 Å². The summed E-state index contributed by atoms with van der Waals surface area (Å²) in [5, 5.41) is -0.149. The van der Waals surface area contributed by atoms with Crippen molar-refractivity contribution in [3.05, 3.63) is 104 Å². The van der Waals surface area contributed by atoms with Gasteiger partial charge >= 0.3 is 5.69 Å². The number of aromatic nitrogens is 2. The van der Waals surface area contributed by atoms with E-state index in [1.54, 1.807) is 6.92 Å². The Kier molecular flexibility index (Phi) is 8.26. The fraction of sp³-hybridized carbons (Fsp3) is 0.484. The maximum Gasteiger partial charge on any atom is 0.330 e. The predicted octanol–water partition coefficient (Wildman–Crippen LogP) is 4.66. The van der Waals surface area contributed by atoms with Gasteiger partial charge in [0.1, 0.15) is 18.3 Å². The summed E-state index contributed by atoms with van der Waals surface area (Å²) in [6.07, 6.45) is -1.41. The normalized spacial score (nSPS) is 26.3. The van der Waals surface area contributed by atoms with Crippen LogP contribution in [-0.2, 0) is 36.6 Å². The first-order valence-electron chi connectivity index (χ1n) is 14.0. The van der Waals surface area contributed by atoms with Crippen LogP contribution in [0.15, 0.2) is 76.4 Å². The SMILES string of the molecule is Cc1cn([C@@H]2O[C@@H]3[C@@H](OCc4ccccc4)CO[C@]3(OCc3ccccc3)[C@H]2O[Si](C)(C)C(C)(C)C)c(=O)[nH]c1=O. The van der Waals surface area contributed by atoms with Gasteiger partial charge in [0.15, 0.2) is 14.5 Å². The number of aromatic amines is 1. The van der Waals surface area contributed by atoms with Crippen molar-refractivity contribution in [1.29, 1.82) is 0 Å². The quantitative estimate of drug-likeness (QED) is 0.368. The molecule has 5 rings (SSSR count). The summed E-state index contributed by atoms with van der Waals surface area (Å²) in [5.74, 6) is -1.36. The number of H-pyrrole nitrogens is 1. The molecule has 2 aliphatic heterocycles. The molecule has 2 aliphatic rings. The Labute approximate surface area is 241 Å². The van der Waals surface area contributed by atoms with Crippen LogP contribution in [0, 0.1) is 6.92 Å². The molecular weight excluding hydrogens is 540 g/mol. The molecule has 0 aliphatic carbocycles. The zero-order valence-electron chi connectivity index (χ0n) is 24.6. The van der Waals surface area contributed by atoms with Gasteiger partial charge in [-0.3, -0.25) is 14.3 Å². The highest BCUT2D eigenvalue weighted by molar-refractivity contribution is 6.74. The molecule has 5 atom stereocenters. The van der Waals surface area contributed by atoms with Gasteiger partial charge in [-0.2, -0.15) is 0 Å². The van der Waals surface area contributed by atoms with Crippen molar-refractivity contribution >= 4 is 8.32 Å². The van der Waals surface area contributed by atoms with Crippen LogP contribution < -0.4 is 11.2 Å². The monoisotopic (exact) mass is 580 g/mol. The topological polar surface area (TPSA) is 101 Å². The van der Waals surface area contributed by atoms with E-state index in [1.165, 1.54) is 10.8 Å². The highest BCUT2D eigenvalue weighted by Crippen LogP contribution is 2.51. The number of hydrogen-bond donors (Lipinski definition) is 1. The number of nitrogens with zero attached hydrogens (tertiary/aromatic N) is 1. The molecule has 3 aromatic rings. The van der Waals surface area contributed by atoms with E-state index >= 15 is 0 Å². The molecule has 1 N–H and O–H groups in total. The Morgan fingerprint density at radius 2 is 1.61 bits per heavy atom. The molecule has 0 amide bonds. The molecule has 0 spiro atoms. The molecule has 2 aromatic carbocycles. The molecule has 0 radical (unpaired) electrons. The minimum atomic E-state index is -2.46. The summed E-state index contributed by atoms with van der Waals surface area (Å²) in [4.78, 5) is 27.8. The van der Waals surface area contributed by atoms with Gasteiger partial charge in [0.05, 0.1) is 19.8 Å². The summed E-state index contributed by atoms with van der Waals surface area (Å²) in [6.45, 7) is 13.2. The standard InChI is InChI=1S/C31H40N2O7Si/c1-21-17-33(29(35)32-27(21)34)28-26(40-41(5,6)30(2,3)4)31(37-19-23-15-11-8-12-16-23)25(39-28)24(20-38-31)36-18-22-13-9-7-10-14-22/h7-17,24-26,28H,18-20H2,1-6H3,(H,32,34,35)/t24-,25+,26-,28+,31-/m0/s1. The van der Waals surface area contributed by atoms with Crippen LogP contribution in [-0.4, -0.2) is 48.6 Å². The molecule has 220 valence electrons. The maximum absolute atomic E-state index is 13.2. The molecule has 0 bridgehead atoms. The molecular formula is C31H40N2O7Si. The number of nitrogens with one attached hydrogen (secondary N) is 1. The number of aryl methyl sites for hydroxylation is 1. The van der Waals surface area contributed by atoms with Gasteiger partial charge in [0.25, 0.3) is 5.56 Å². The average Bonchev–Trinajstić information content (AvgIpc) is 3.43. The Bertz CT molecular complexity index is 1450. The third-order valence-corrected chi connectivity index (χ3v) is 12.9. The van der Waals surface area contributed by atoms with Crippen LogP contribution in [0.1, 0.15) is 43.7 Å². The zero-order chi connectivity index (χ0) is 29.4. The number of rotatable bonds is 9. The van der Waals surface area contributed by atoms with Gasteiger partial charge in [0.2, 0.25) is 5.79 Å². The van der Waals surface area contributed by atoms with E-state index < -0.39 is 49.9 Å². The first-order chi connectivity index (χ1) is 19.4. The second-order valence-electron chi connectivity index (χ2n) is 12.4. The van der Waals surface area contributed by atoms with Gasteiger partial charge in [-0.1, -0.05) is 81.4 Å². The Balaban J connectivity index is 1.57. The van der Waals surface area contributed by atoms with Crippen LogP contribution in [0.3, 0.4) is 0 Å². The molecule has 0 saturated carbocycles. The van der Waals surface area contributed by atoms with E-state index in [4.69, 9.17) is 23.4 Å². The molecule has 2 fully saturated rings. The smallest absolute Gasteiger partial charge is 0.330 e. The van der Waals surface area contributed by atoms with Crippen molar-refractivity contribution in [1.82, 2.24) is 9.55 Å². The lowest BCUT2D eigenvalue weighted by molar-refractivity contribution is -0.261. The van der Waals surface area contributed by atoms with E-state index in [9.17, 15) is 9.59 Å². The van der Waals surface area contributed by atoms with Crippen molar-refractivity contribution in [2.45, 2.75) is 89.4 Å². The summed E-state index contributed by atoms with van der Waals surface area (Å²) in [7, 11) is -2.46. The minimum absolute atomic E-state index is 0.149. The Morgan fingerprint density at radius 1 is 1.00 bits per heavy atom. The highest BCUT2D eigenvalue weighted by Gasteiger charge is 2.68. The van der Waals surface area contributed by atoms with Crippen LogP contribution >= 0.6 is 0 Å². The fourth-order valence-electron chi connectivity index (χ4n) is 5.00. The van der Waals surface area contributed by atoms with Crippen LogP contribution in [0.2, 0.25) is 18.1 Å². The van der Waals surface area contributed by atoms with Crippen molar-refractivity contribution < 1.29 is 23.4 Å². The first kappa shape index (κ1) is 29.6. The Morgan fingerprint density at radius 3 is 2.22 bits per heavy atom. The molecule has 41 heavy (non-hydrogen) atoms. The molecule has 2 saturated heterocycles. The van der Waals surface area contributed by atoms with Crippen LogP contribution in [0.4, 0.5) is 0 Å². The highest BCUT2D eigenvalue weighted by atomic mass is 28.4. The predicted molar refractivity (Wildman–Crippen MR) is 157 cm³/mol. The zero-order valence-corrected chi connectivity index (χ0v) is 25.6. The van der Waals surface area contributed by atoms with Gasteiger partial charge < -0.3 is 23.4 Å². The van der Waals surface area contributed by atoms with Crippen molar-refractivity contribution in [2.24, 2.45) is 0 Å². The van der Waals surface area contributed by atoms with Crippen LogP contribution in [0.25, 0.3) is 0 Å². The largest absolute Gasteiger partial charge is 0.404 e. The second kappa shape index (κ2) is 11.4. The van der Waals surface area contributed by atoms with Crippen molar-refractivity contribution in [3.63, 3.8) is 0 Å². The van der Waals surface area contributed by atoms with Crippen molar-refractivity contribution in [2.75, 3.05) is 6.61 Å². The lowest BCUT2D eigenvalue weighted by atomic mass is 10.0. The molecule has 10 heteroatoms. The molecule has 3 heterocycles. The van der Waals surface area contributed by atoms with E-state index in [-0.39, 0.29) is 18.3 Å². The van der Waals surface area contributed by atoms with Crippen molar-refractivity contribution in [3.8, 4) is 0 Å². The van der Waals surface area contributed by atoms with Gasteiger partial charge in [0, 0.05) is 11.8 Å². The van der Waals surface area contributed by atoms with E-state index in [0.29, 0.717) is 12.2 Å². The third kappa shape index (κ3) is 5.90. The van der Waals surface area contributed by atoms with E-state index in [1.807, 2.05) is 60.7 Å². The number of hydrogen-bond acceptors (Lipinski definition) is 7. The Hall–Kier alpha value is -2.86. The summed E-state index contributed by atoms with van der Waals surface area (Å²) >= 11 is 0. The first-order valence-corrected chi connectivity index (χ1v) is 16.9. The van der Waals surface area contributed by atoms with E-state index in [0.717, 1.165) is 11.1 Å². The molecule has 0 unspecified atom stereocenters. The summed E-state index contributed by atoms with van der Waals surface area (Å²) in [6, 6.07) is 19.7.